The number of nitrogens with zero attached hydrogens (tertiary/aromatic N) is 2. The van der Waals surface area contributed by atoms with Crippen molar-refractivity contribution in [2.24, 2.45) is 0 Å². The van der Waals surface area contributed by atoms with Crippen LogP contribution in [-0.2, 0) is 10.0 Å². The van der Waals surface area contributed by atoms with E-state index in [2.05, 4.69) is 14.9 Å². The third-order valence-electron chi connectivity index (χ3n) is 2.48. The number of benzene rings is 1. The monoisotopic (exact) mass is 280 g/mol. The van der Waals surface area contributed by atoms with Gasteiger partial charge in [0.1, 0.15) is 5.82 Å². The molecule has 1 heterocycles. The Morgan fingerprint density at radius 3 is 2.79 bits per heavy atom. The van der Waals surface area contributed by atoms with Crippen molar-refractivity contribution >= 4 is 15.7 Å². The predicted molar refractivity (Wildman–Crippen MR) is 65.2 cm³/mol. The Balaban J connectivity index is 2.45. The molecule has 2 rings (SSSR count). The third-order valence-corrected chi connectivity index (χ3v) is 3.78. The smallest absolute Gasteiger partial charge is 0.278 e. The van der Waals surface area contributed by atoms with Crippen LogP contribution in [0.1, 0.15) is 11.1 Å². The third kappa shape index (κ3) is 2.56. The number of hydrogen-bond acceptors (Lipinski definition) is 4. The van der Waals surface area contributed by atoms with E-state index in [4.69, 9.17) is 5.26 Å². The van der Waals surface area contributed by atoms with Crippen molar-refractivity contribution in [3.63, 3.8) is 0 Å². The van der Waals surface area contributed by atoms with Crippen molar-refractivity contribution in [2.45, 2.75) is 11.9 Å². The summed E-state index contributed by atoms with van der Waals surface area (Å²) in [5, 5.41) is 14.4. The molecule has 0 unspecified atom stereocenters. The van der Waals surface area contributed by atoms with Crippen molar-refractivity contribution in [1.82, 2.24) is 10.2 Å². The highest BCUT2D eigenvalue weighted by Gasteiger charge is 2.18. The van der Waals surface area contributed by atoms with Crippen molar-refractivity contribution < 1.29 is 12.8 Å². The predicted octanol–water partition coefficient (Wildman–Crippen LogP) is 1.53. The van der Waals surface area contributed by atoms with E-state index >= 15 is 0 Å². The molecule has 0 bridgehead atoms. The quantitative estimate of drug-likeness (QED) is 0.890. The number of aromatic nitrogens is 2. The average molecular weight is 280 g/mol. The first-order valence-corrected chi connectivity index (χ1v) is 6.65. The van der Waals surface area contributed by atoms with Crippen LogP contribution in [0.4, 0.5) is 10.1 Å². The van der Waals surface area contributed by atoms with Gasteiger partial charge in [0.25, 0.3) is 10.0 Å². The van der Waals surface area contributed by atoms with E-state index < -0.39 is 15.8 Å². The molecular weight excluding hydrogens is 271 g/mol. The zero-order valence-electron chi connectivity index (χ0n) is 9.81. The largest absolute Gasteiger partial charge is 0.278 e. The molecule has 0 fully saturated rings. The molecule has 6 nitrogen and oxygen atoms in total. The van der Waals surface area contributed by atoms with Gasteiger partial charge in [0.05, 0.1) is 23.5 Å². The van der Waals surface area contributed by atoms with Crippen LogP contribution in [0.2, 0.25) is 0 Å². The maximum absolute atomic E-state index is 13.5. The summed E-state index contributed by atoms with van der Waals surface area (Å²) < 4.78 is 39.6. The molecule has 0 aliphatic carbocycles. The Labute approximate surface area is 108 Å². The summed E-state index contributed by atoms with van der Waals surface area (Å²) in [6.45, 7) is 1.42. The van der Waals surface area contributed by atoms with Gasteiger partial charge in [0.15, 0.2) is 5.03 Å². The second kappa shape index (κ2) is 4.70. The number of anilines is 1. The molecule has 0 aliphatic heterocycles. The number of rotatable bonds is 3. The first-order valence-electron chi connectivity index (χ1n) is 5.16. The first kappa shape index (κ1) is 13.0. The molecule has 0 amide bonds. The van der Waals surface area contributed by atoms with Crippen molar-refractivity contribution in [2.75, 3.05) is 4.72 Å². The second-order valence-electron chi connectivity index (χ2n) is 3.77. The van der Waals surface area contributed by atoms with E-state index in [1.54, 1.807) is 6.07 Å². The standard InChI is InChI=1S/C11H9FN4O2S/c1-7-9(12)4-8(6-13)5-10(7)16-19(17,18)11-2-3-14-15-11/h2-5,16H,1H3,(H,14,15). The fourth-order valence-electron chi connectivity index (χ4n) is 1.44. The molecule has 2 N–H and O–H groups in total. The average Bonchev–Trinajstić information content (AvgIpc) is 2.89. The number of aromatic amines is 1. The molecule has 1 aromatic carbocycles. The number of hydrogen-bond donors (Lipinski definition) is 2. The highest BCUT2D eigenvalue weighted by atomic mass is 32.2. The molecule has 0 saturated heterocycles. The number of nitrogens with one attached hydrogen (secondary N) is 2. The second-order valence-corrected chi connectivity index (χ2v) is 5.42. The summed E-state index contributed by atoms with van der Waals surface area (Å²) in [7, 11) is -3.88. The topological polar surface area (TPSA) is 98.6 Å². The maximum Gasteiger partial charge on any atom is 0.278 e. The molecule has 19 heavy (non-hydrogen) atoms. The Kier molecular flexibility index (Phi) is 3.23. The van der Waals surface area contributed by atoms with E-state index in [0.29, 0.717) is 0 Å². The van der Waals surface area contributed by atoms with Gasteiger partial charge in [-0.25, -0.2) is 4.39 Å². The maximum atomic E-state index is 13.5. The van der Waals surface area contributed by atoms with E-state index in [9.17, 15) is 12.8 Å². The van der Waals surface area contributed by atoms with Crippen molar-refractivity contribution in [1.29, 1.82) is 5.26 Å². The van der Waals surface area contributed by atoms with Crippen LogP contribution in [0.3, 0.4) is 0 Å². The van der Waals surface area contributed by atoms with Crippen molar-refractivity contribution in [3.05, 3.63) is 41.3 Å². The number of nitriles is 1. The van der Waals surface area contributed by atoms with Gasteiger partial charge in [-0.2, -0.15) is 18.8 Å². The fourth-order valence-corrected chi connectivity index (χ4v) is 2.47. The molecule has 8 heteroatoms. The molecular formula is C11H9FN4O2S. The van der Waals surface area contributed by atoms with E-state index in [1.807, 2.05) is 0 Å². The van der Waals surface area contributed by atoms with Gasteiger partial charge in [0, 0.05) is 5.56 Å². The van der Waals surface area contributed by atoms with Crippen LogP contribution < -0.4 is 4.72 Å². The SMILES string of the molecule is Cc1c(F)cc(C#N)cc1NS(=O)(=O)c1ccn[nH]1. The summed E-state index contributed by atoms with van der Waals surface area (Å²) in [6, 6.07) is 5.34. The molecule has 0 saturated carbocycles. The van der Waals surface area contributed by atoms with Crippen LogP contribution in [0.25, 0.3) is 0 Å². The minimum atomic E-state index is -3.88. The normalized spacial score (nSPS) is 11.0. The van der Waals surface area contributed by atoms with Gasteiger partial charge >= 0.3 is 0 Å². The number of H-pyrrole nitrogens is 1. The molecule has 0 spiro atoms. The van der Waals surface area contributed by atoms with Crippen LogP contribution in [-0.4, -0.2) is 18.6 Å². The fraction of sp³-hybridized carbons (Fsp3) is 0.0909. The molecule has 0 atom stereocenters. The lowest BCUT2D eigenvalue weighted by atomic mass is 10.1. The number of sulfonamides is 1. The highest BCUT2D eigenvalue weighted by molar-refractivity contribution is 7.92. The van der Waals surface area contributed by atoms with Gasteiger partial charge in [-0.1, -0.05) is 0 Å². The van der Waals surface area contributed by atoms with E-state index in [-0.39, 0.29) is 21.8 Å². The summed E-state index contributed by atoms with van der Waals surface area (Å²) >= 11 is 0. The minimum Gasteiger partial charge on any atom is -0.278 e. The lowest BCUT2D eigenvalue weighted by Crippen LogP contribution is -2.14. The van der Waals surface area contributed by atoms with Crippen LogP contribution in [0, 0.1) is 24.1 Å². The van der Waals surface area contributed by atoms with Crippen LogP contribution in [0.15, 0.2) is 29.4 Å². The molecule has 0 aliphatic rings. The molecule has 2 aromatic rings. The summed E-state index contributed by atoms with van der Waals surface area (Å²) in [6.07, 6.45) is 1.29. The minimum absolute atomic E-state index is 0.0196. The summed E-state index contributed by atoms with van der Waals surface area (Å²) in [5.74, 6) is -0.652. The number of halogens is 1. The van der Waals surface area contributed by atoms with Gasteiger partial charge in [0.2, 0.25) is 0 Å². The van der Waals surface area contributed by atoms with E-state index in [0.717, 1.165) is 6.07 Å². The zero-order chi connectivity index (χ0) is 14.0. The lowest BCUT2D eigenvalue weighted by Gasteiger charge is -2.10. The van der Waals surface area contributed by atoms with Crippen molar-refractivity contribution in [3.8, 4) is 6.07 Å². The molecule has 0 radical (unpaired) electrons. The first-order chi connectivity index (χ1) is 8.94. The lowest BCUT2D eigenvalue weighted by molar-refractivity contribution is 0.596. The Morgan fingerprint density at radius 2 is 2.21 bits per heavy atom. The van der Waals surface area contributed by atoms with Gasteiger partial charge in [-0.15, -0.1) is 0 Å². The summed E-state index contributed by atoms with van der Waals surface area (Å²) in [4.78, 5) is 0. The molecule has 1 aromatic heterocycles. The zero-order valence-corrected chi connectivity index (χ0v) is 10.6. The highest BCUT2D eigenvalue weighted by Crippen LogP contribution is 2.23. The van der Waals surface area contributed by atoms with Crippen LogP contribution >= 0.6 is 0 Å². The van der Waals surface area contributed by atoms with Gasteiger partial charge in [-0.05, 0) is 25.1 Å². The Hall–Kier alpha value is -2.40. The Bertz CT molecular complexity index is 748. The van der Waals surface area contributed by atoms with Gasteiger partial charge in [-0.3, -0.25) is 9.82 Å². The summed E-state index contributed by atoms with van der Waals surface area (Å²) in [5.41, 5.74) is 0.165. The Morgan fingerprint density at radius 1 is 1.47 bits per heavy atom. The van der Waals surface area contributed by atoms with Crippen LogP contribution in [0.5, 0.6) is 0 Å². The van der Waals surface area contributed by atoms with E-state index in [1.165, 1.54) is 25.3 Å². The van der Waals surface area contributed by atoms with Gasteiger partial charge < -0.3 is 0 Å². The molecule has 98 valence electrons.